The Morgan fingerprint density at radius 1 is 1.40 bits per heavy atom. The number of allylic oxidation sites excluding steroid dienone is 1. The SMILES string of the molecule is C=CC[C@H](C)C/[S-](=O)=N\C(=O)O[C@@H](C)c1ccccc1. The zero-order valence-corrected chi connectivity index (χ0v) is 12.6. The Kier molecular flexibility index (Phi) is 7.01. The highest BCUT2D eigenvalue weighted by Gasteiger charge is 2.08. The lowest BCUT2D eigenvalue weighted by Crippen LogP contribution is -2.07. The van der Waals surface area contributed by atoms with Crippen LogP contribution in [0.4, 0.5) is 4.79 Å². The molecule has 0 aliphatic heterocycles. The first-order chi connectivity index (χ1) is 9.52. The van der Waals surface area contributed by atoms with E-state index in [4.69, 9.17) is 4.74 Å². The van der Waals surface area contributed by atoms with E-state index in [1.807, 2.05) is 37.3 Å². The maximum absolute atomic E-state index is 11.7. The van der Waals surface area contributed by atoms with Gasteiger partial charge in [-0.3, -0.25) is 4.36 Å². The van der Waals surface area contributed by atoms with Crippen LogP contribution in [0.3, 0.4) is 0 Å². The molecule has 0 fully saturated rings. The van der Waals surface area contributed by atoms with Gasteiger partial charge in [0.15, 0.2) is 0 Å². The van der Waals surface area contributed by atoms with E-state index in [1.54, 1.807) is 13.0 Å². The highest BCUT2D eigenvalue weighted by molar-refractivity contribution is 7.75. The van der Waals surface area contributed by atoms with Crippen LogP contribution in [0, 0.1) is 5.92 Å². The van der Waals surface area contributed by atoms with Crippen molar-refractivity contribution in [2.24, 2.45) is 10.3 Å². The van der Waals surface area contributed by atoms with Gasteiger partial charge in [-0.2, -0.15) is 10.6 Å². The molecule has 1 aromatic carbocycles. The first kappa shape index (κ1) is 16.4. The molecule has 0 saturated carbocycles. The fourth-order valence-electron chi connectivity index (χ4n) is 1.68. The van der Waals surface area contributed by atoms with Crippen molar-refractivity contribution >= 4 is 16.7 Å². The molecule has 0 N–H and O–H groups in total. The van der Waals surface area contributed by atoms with Crippen molar-refractivity contribution in [3.63, 3.8) is 0 Å². The van der Waals surface area contributed by atoms with Crippen LogP contribution < -0.4 is 0 Å². The van der Waals surface area contributed by atoms with E-state index in [2.05, 4.69) is 10.9 Å². The van der Waals surface area contributed by atoms with Crippen molar-refractivity contribution in [1.29, 1.82) is 0 Å². The Labute approximate surface area is 122 Å². The number of hydrogen-bond acceptors (Lipinski definition) is 4. The van der Waals surface area contributed by atoms with E-state index in [9.17, 15) is 9.00 Å². The maximum atomic E-state index is 11.7. The molecule has 1 rings (SSSR count). The molecule has 1 aromatic rings. The standard InChI is InChI=1S/C15H20NO3S/c1-4-8-12(2)11-20(18)16-15(17)19-13(3)14-9-6-5-7-10-14/h4-7,9-10,12-13H,1,8,11H2,2-3H3/q-1/t12-,13-/m0/s1. The molecule has 0 aromatic heterocycles. The Balaban J connectivity index is 2.54. The second-order valence-electron chi connectivity index (χ2n) is 4.65. The number of hydrogen-bond donors (Lipinski definition) is 0. The van der Waals surface area contributed by atoms with Crippen LogP contribution >= 0.6 is 0 Å². The zero-order chi connectivity index (χ0) is 15.0. The van der Waals surface area contributed by atoms with E-state index in [1.165, 1.54) is 0 Å². The summed E-state index contributed by atoms with van der Waals surface area (Å²) in [6.07, 6.45) is 1.31. The van der Waals surface area contributed by atoms with E-state index in [0.29, 0.717) is 5.75 Å². The summed E-state index contributed by atoms with van der Waals surface area (Å²) in [6, 6.07) is 9.35. The van der Waals surface area contributed by atoms with Gasteiger partial charge in [-0.1, -0.05) is 55.0 Å². The maximum Gasteiger partial charge on any atom is 0.410 e. The fraction of sp³-hybridized carbons (Fsp3) is 0.400. The largest absolute Gasteiger partial charge is 0.444 e. The highest BCUT2D eigenvalue weighted by Crippen LogP contribution is 2.16. The fourth-order valence-corrected chi connectivity index (χ4v) is 2.59. The Bertz CT molecular complexity index is 521. The minimum Gasteiger partial charge on any atom is -0.444 e. The van der Waals surface area contributed by atoms with Gasteiger partial charge in [0.1, 0.15) is 6.10 Å². The number of carbonyl (C=O) groups excluding carboxylic acids is 1. The summed E-state index contributed by atoms with van der Waals surface area (Å²) in [5, 5.41) is 0. The summed E-state index contributed by atoms with van der Waals surface area (Å²) in [4.78, 5) is 11.6. The smallest absolute Gasteiger partial charge is 0.410 e. The molecule has 0 heterocycles. The number of benzene rings is 1. The van der Waals surface area contributed by atoms with Crippen LogP contribution in [0.15, 0.2) is 47.3 Å². The zero-order valence-electron chi connectivity index (χ0n) is 11.8. The van der Waals surface area contributed by atoms with E-state index in [-0.39, 0.29) is 5.92 Å². The van der Waals surface area contributed by atoms with Crippen LogP contribution in [-0.2, 0) is 19.5 Å². The number of ether oxygens (including phenoxy) is 1. The van der Waals surface area contributed by atoms with Gasteiger partial charge in [-0.15, -0.1) is 6.58 Å². The van der Waals surface area contributed by atoms with Crippen LogP contribution in [0.25, 0.3) is 0 Å². The lowest BCUT2D eigenvalue weighted by atomic mass is 10.1. The minimum atomic E-state index is -1.55. The molecule has 110 valence electrons. The molecule has 5 heteroatoms. The van der Waals surface area contributed by atoms with Crippen molar-refractivity contribution in [3.05, 3.63) is 48.6 Å². The predicted molar refractivity (Wildman–Crippen MR) is 80.7 cm³/mol. The Morgan fingerprint density at radius 2 is 2.05 bits per heavy atom. The predicted octanol–water partition coefficient (Wildman–Crippen LogP) is 4.24. The lowest BCUT2D eigenvalue weighted by molar-refractivity contribution is 0.117. The number of nitrogens with zero attached hydrogens (tertiary/aromatic N) is 1. The summed E-state index contributed by atoms with van der Waals surface area (Å²) in [5.74, 6) is 0.511. The molecule has 0 unspecified atom stereocenters. The lowest BCUT2D eigenvalue weighted by Gasteiger charge is -2.14. The second-order valence-corrected chi connectivity index (χ2v) is 5.80. The van der Waals surface area contributed by atoms with Gasteiger partial charge in [0, 0.05) is 0 Å². The molecular formula is C15H20NO3S-. The summed E-state index contributed by atoms with van der Waals surface area (Å²) in [7, 11) is -1.55. The van der Waals surface area contributed by atoms with Gasteiger partial charge in [-0.25, -0.2) is 4.79 Å². The number of rotatable bonds is 6. The van der Waals surface area contributed by atoms with Crippen LogP contribution in [-0.4, -0.2) is 11.8 Å². The monoisotopic (exact) mass is 294 g/mol. The number of amides is 1. The Hall–Kier alpha value is -1.62. The molecule has 4 nitrogen and oxygen atoms in total. The van der Waals surface area contributed by atoms with Crippen molar-refractivity contribution in [1.82, 2.24) is 0 Å². The van der Waals surface area contributed by atoms with Crippen molar-refractivity contribution in [2.75, 3.05) is 5.75 Å². The van der Waals surface area contributed by atoms with Crippen molar-refractivity contribution < 1.29 is 13.7 Å². The normalized spacial score (nSPS) is 15.3. The first-order valence-electron chi connectivity index (χ1n) is 6.49. The molecule has 0 aliphatic rings. The molecule has 0 bridgehead atoms. The summed E-state index contributed by atoms with van der Waals surface area (Å²) in [5.41, 5.74) is 0.877. The second kappa shape index (κ2) is 8.53. The van der Waals surface area contributed by atoms with Crippen LogP contribution in [0.2, 0.25) is 0 Å². The van der Waals surface area contributed by atoms with E-state index >= 15 is 0 Å². The molecule has 1 amide bonds. The average molecular weight is 294 g/mol. The highest BCUT2D eigenvalue weighted by atomic mass is 32.2. The third-order valence-electron chi connectivity index (χ3n) is 2.72. The summed E-state index contributed by atoms with van der Waals surface area (Å²) in [6.45, 7) is 7.31. The molecule has 0 saturated heterocycles. The third kappa shape index (κ3) is 6.02. The van der Waals surface area contributed by atoms with Crippen LogP contribution in [0.5, 0.6) is 0 Å². The molecule has 0 spiro atoms. The van der Waals surface area contributed by atoms with E-state index in [0.717, 1.165) is 12.0 Å². The quantitative estimate of drug-likeness (QED) is 0.582. The third-order valence-corrected chi connectivity index (χ3v) is 3.93. The van der Waals surface area contributed by atoms with Gasteiger partial charge < -0.3 is 8.95 Å². The van der Waals surface area contributed by atoms with Gasteiger partial charge in [0.2, 0.25) is 0 Å². The van der Waals surface area contributed by atoms with Crippen LogP contribution in [0.1, 0.15) is 31.9 Å². The molecular weight excluding hydrogens is 274 g/mol. The van der Waals surface area contributed by atoms with Crippen molar-refractivity contribution in [3.8, 4) is 0 Å². The van der Waals surface area contributed by atoms with Crippen molar-refractivity contribution in [2.45, 2.75) is 26.4 Å². The van der Waals surface area contributed by atoms with Gasteiger partial charge >= 0.3 is 6.09 Å². The molecule has 0 aliphatic carbocycles. The van der Waals surface area contributed by atoms with Gasteiger partial charge in [-0.05, 0) is 18.9 Å². The topological polar surface area (TPSA) is 55.7 Å². The van der Waals surface area contributed by atoms with Gasteiger partial charge in [0.05, 0.1) is 0 Å². The summed E-state index contributed by atoms with van der Waals surface area (Å²) < 4.78 is 20.3. The molecule has 20 heavy (non-hydrogen) atoms. The average Bonchev–Trinajstić information content (AvgIpc) is 2.39. The number of carbonyl (C=O) groups is 1. The summed E-state index contributed by atoms with van der Waals surface area (Å²) >= 11 is 0. The van der Waals surface area contributed by atoms with E-state index < -0.39 is 22.8 Å². The molecule has 2 atom stereocenters. The first-order valence-corrected chi connectivity index (χ1v) is 7.77. The van der Waals surface area contributed by atoms with Gasteiger partial charge in [0.25, 0.3) is 0 Å². The molecule has 0 radical (unpaired) electrons. The Morgan fingerprint density at radius 3 is 2.65 bits per heavy atom. The minimum absolute atomic E-state index is 0.177.